The van der Waals surface area contributed by atoms with Crippen molar-refractivity contribution < 1.29 is 19.1 Å². The zero-order valence-electron chi connectivity index (χ0n) is 11.8. The van der Waals surface area contributed by atoms with Gasteiger partial charge in [-0.15, -0.1) is 0 Å². The Morgan fingerprint density at radius 3 is 2.80 bits per heavy atom. The van der Waals surface area contributed by atoms with Gasteiger partial charge in [-0.3, -0.25) is 14.4 Å². The Kier molecular flexibility index (Phi) is 4.59. The van der Waals surface area contributed by atoms with Crippen LogP contribution < -0.4 is 10.6 Å². The third kappa shape index (κ3) is 3.27. The number of morpholine rings is 1. The predicted octanol–water partition coefficient (Wildman–Crippen LogP) is -1.13. The van der Waals surface area contributed by atoms with Crippen LogP contribution in [0.2, 0.25) is 0 Å². The number of carbonyl (C=O) groups excluding carboxylic acids is 3. The van der Waals surface area contributed by atoms with Gasteiger partial charge in [0.05, 0.1) is 19.1 Å². The number of hydrogen-bond donors (Lipinski definition) is 2. The van der Waals surface area contributed by atoms with Gasteiger partial charge in [-0.2, -0.15) is 0 Å². The van der Waals surface area contributed by atoms with E-state index in [9.17, 15) is 14.4 Å². The summed E-state index contributed by atoms with van der Waals surface area (Å²) in [5, 5.41) is 5.45. The summed E-state index contributed by atoms with van der Waals surface area (Å²) in [6.45, 7) is 5.11. The van der Waals surface area contributed by atoms with Gasteiger partial charge in [0.2, 0.25) is 17.7 Å². The van der Waals surface area contributed by atoms with Crippen LogP contribution in [0.25, 0.3) is 0 Å². The SMILES string of the molecule is CC(C)NC(=O)C1COCCN1C(=O)C1CNC(=O)C1. The highest BCUT2D eigenvalue weighted by atomic mass is 16.5. The monoisotopic (exact) mass is 283 g/mol. The third-order valence-electron chi connectivity index (χ3n) is 3.47. The van der Waals surface area contributed by atoms with Crippen molar-refractivity contribution in [3.05, 3.63) is 0 Å². The van der Waals surface area contributed by atoms with Crippen LogP contribution in [-0.2, 0) is 19.1 Å². The van der Waals surface area contributed by atoms with Gasteiger partial charge < -0.3 is 20.3 Å². The van der Waals surface area contributed by atoms with E-state index in [-0.39, 0.29) is 42.7 Å². The largest absolute Gasteiger partial charge is 0.377 e. The summed E-state index contributed by atoms with van der Waals surface area (Å²) in [6.07, 6.45) is 0.203. The zero-order valence-corrected chi connectivity index (χ0v) is 11.8. The lowest BCUT2D eigenvalue weighted by Gasteiger charge is -2.36. The second-order valence-electron chi connectivity index (χ2n) is 5.49. The molecule has 0 radical (unpaired) electrons. The van der Waals surface area contributed by atoms with Gasteiger partial charge in [0.1, 0.15) is 6.04 Å². The molecule has 0 bridgehead atoms. The lowest BCUT2D eigenvalue weighted by molar-refractivity contribution is -0.151. The molecule has 2 aliphatic rings. The van der Waals surface area contributed by atoms with Crippen LogP contribution in [0, 0.1) is 5.92 Å². The van der Waals surface area contributed by atoms with Crippen molar-refractivity contribution in [3.63, 3.8) is 0 Å². The fraction of sp³-hybridized carbons (Fsp3) is 0.769. The van der Waals surface area contributed by atoms with Crippen molar-refractivity contribution in [3.8, 4) is 0 Å². The van der Waals surface area contributed by atoms with E-state index in [1.165, 1.54) is 0 Å². The molecule has 2 rings (SSSR count). The molecular weight excluding hydrogens is 262 g/mol. The second-order valence-corrected chi connectivity index (χ2v) is 5.49. The Hall–Kier alpha value is -1.63. The molecule has 0 saturated carbocycles. The van der Waals surface area contributed by atoms with E-state index in [2.05, 4.69) is 10.6 Å². The van der Waals surface area contributed by atoms with Gasteiger partial charge in [-0.1, -0.05) is 0 Å². The Balaban J connectivity index is 2.04. The molecule has 2 aliphatic heterocycles. The number of nitrogens with zero attached hydrogens (tertiary/aromatic N) is 1. The molecule has 2 fully saturated rings. The van der Waals surface area contributed by atoms with Gasteiger partial charge >= 0.3 is 0 Å². The van der Waals surface area contributed by atoms with Crippen LogP contribution in [0.4, 0.5) is 0 Å². The molecule has 2 heterocycles. The maximum Gasteiger partial charge on any atom is 0.245 e. The molecule has 2 atom stereocenters. The van der Waals surface area contributed by atoms with Crippen molar-refractivity contribution in [2.24, 2.45) is 5.92 Å². The first-order valence-electron chi connectivity index (χ1n) is 6.94. The minimum Gasteiger partial charge on any atom is -0.377 e. The number of hydrogen-bond acceptors (Lipinski definition) is 4. The van der Waals surface area contributed by atoms with E-state index in [1.807, 2.05) is 13.8 Å². The topological polar surface area (TPSA) is 87.7 Å². The standard InChI is InChI=1S/C13H21N3O4/c1-8(2)15-12(18)10-7-20-4-3-16(10)13(19)9-5-11(17)14-6-9/h8-10H,3-7H2,1-2H3,(H,14,17)(H,15,18). The number of rotatable bonds is 3. The van der Waals surface area contributed by atoms with Crippen molar-refractivity contribution in [2.75, 3.05) is 26.3 Å². The normalized spacial score (nSPS) is 26.6. The van der Waals surface area contributed by atoms with E-state index in [0.717, 1.165) is 0 Å². The summed E-state index contributed by atoms with van der Waals surface area (Å²) in [4.78, 5) is 37.3. The molecule has 0 aromatic carbocycles. The highest BCUT2D eigenvalue weighted by molar-refractivity contribution is 5.92. The summed E-state index contributed by atoms with van der Waals surface area (Å²) in [5.41, 5.74) is 0. The fourth-order valence-corrected chi connectivity index (χ4v) is 2.48. The van der Waals surface area contributed by atoms with Crippen LogP contribution in [0.3, 0.4) is 0 Å². The Morgan fingerprint density at radius 2 is 2.20 bits per heavy atom. The van der Waals surface area contributed by atoms with Gasteiger partial charge in [0, 0.05) is 25.6 Å². The first-order valence-corrected chi connectivity index (χ1v) is 6.94. The molecule has 20 heavy (non-hydrogen) atoms. The van der Waals surface area contributed by atoms with E-state index in [4.69, 9.17) is 4.74 Å². The van der Waals surface area contributed by atoms with Crippen LogP contribution in [0.15, 0.2) is 0 Å². The lowest BCUT2D eigenvalue weighted by Crippen LogP contribution is -2.58. The fourth-order valence-electron chi connectivity index (χ4n) is 2.48. The van der Waals surface area contributed by atoms with Gasteiger partial charge in [0.15, 0.2) is 0 Å². The molecule has 0 aliphatic carbocycles. The third-order valence-corrected chi connectivity index (χ3v) is 3.47. The average molecular weight is 283 g/mol. The summed E-state index contributed by atoms with van der Waals surface area (Å²) in [7, 11) is 0. The highest BCUT2D eigenvalue weighted by Gasteiger charge is 2.38. The molecule has 0 aromatic rings. The van der Waals surface area contributed by atoms with Crippen molar-refractivity contribution in [2.45, 2.75) is 32.4 Å². The molecule has 2 unspecified atom stereocenters. The summed E-state index contributed by atoms with van der Waals surface area (Å²) in [6, 6.07) is -0.592. The second kappa shape index (κ2) is 6.21. The van der Waals surface area contributed by atoms with Crippen LogP contribution >= 0.6 is 0 Å². The van der Waals surface area contributed by atoms with Crippen LogP contribution in [-0.4, -0.2) is 61.0 Å². The minimum atomic E-state index is -0.602. The van der Waals surface area contributed by atoms with Crippen LogP contribution in [0.1, 0.15) is 20.3 Å². The van der Waals surface area contributed by atoms with Gasteiger partial charge in [-0.05, 0) is 13.8 Å². The number of carbonyl (C=O) groups is 3. The first-order chi connectivity index (χ1) is 9.49. The number of amides is 3. The van der Waals surface area contributed by atoms with E-state index in [1.54, 1.807) is 4.90 Å². The molecule has 0 spiro atoms. The maximum absolute atomic E-state index is 12.4. The lowest BCUT2D eigenvalue weighted by atomic mass is 10.0. The average Bonchev–Trinajstić information content (AvgIpc) is 2.84. The van der Waals surface area contributed by atoms with E-state index < -0.39 is 6.04 Å². The molecule has 2 saturated heterocycles. The molecule has 112 valence electrons. The van der Waals surface area contributed by atoms with Crippen LogP contribution in [0.5, 0.6) is 0 Å². The summed E-state index contributed by atoms with van der Waals surface area (Å²) < 4.78 is 5.31. The molecule has 3 amide bonds. The molecular formula is C13H21N3O4. The van der Waals surface area contributed by atoms with E-state index >= 15 is 0 Å². The van der Waals surface area contributed by atoms with Gasteiger partial charge in [-0.25, -0.2) is 0 Å². The molecule has 2 N–H and O–H groups in total. The summed E-state index contributed by atoms with van der Waals surface area (Å²) in [5.74, 6) is -0.823. The Labute approximate surface area is 118 Å². The van der Waals surface area contributed by atoms with E-state index in [0.29, 0.717) is 19.7 Å². The molecule has 7 heteroatoms. The maximum atomic E-state index is 12.4. The zero-order chi connectivity index (χ0) is 14.7. The Morgan fingerprint density at radius 1 is 1.45 bits per heavy atom. The predicted molar refractivity (Wildman–Crippen MR) is 70.7 cm³/mol. The van der Waals surface area contributed by atoms with Crippen molar-refractivity contribution >= 4 is 17.7 Å². The van der Waals surface area contributed by atoms with Crippen molar-refractivity contribution in [1.29, 1.82) is 0 Å². The smallest absolute Gasteiger partial charge is 0.245 e. The first kappa shape index (κ1) is 14.8. The highest BCUT2D eigenvalue weighted by Crippen LogP contribution is 2.17. The molecule has 0 aromatic heterocycles. The summed E-state index contributed by atoms with van der Waals surface area (Å²) >= 11 is 0. The van der Waals surface area contributed by atoms with Crippen molar-refractivity contribution in [1.82, 2.24) is 15.5 Å². The molecule has 7 nitrogen and oxygen atoms in total. The quantitative estimate of drug-likeness (QED) is 0.686. The number of nitrogens with one attached hydrogen (secondary N) is 2. The Bertz CT molecular complexity index is 410. The van der Waals surface area contributed by atoms with Gasteiger partial charge in [0.25, 0.3) is 0 Å². The minimum absolute atomic E-state index is 0.0103. The number of ether oxygens (including phenoxy) is 1.